The molecule has 0 aliphatic rings. The van der Waals surface area contributed by atoms with E-state index in [0.29, 0.717) is 5.92 Å². The third-order valence-corrected chi connectivity index (χ3v) is 3.85. The van der Waals surface area contributed by atoms with Crippen molar-refractivity contribution in [3.8, 4) is 11.3 Å². The summed E-state index contributed by atoms with van der Waals surface area (Å²) in [5, 5.41) is 3.14. The van der Waals surface area contributed by atoms with Crippen LogP contribution in [0.4, 0.5) is 4.39 Å². The first-order valence-electron chi connectivity index (χ1n) is 6.09. The number of aromatic nitrogens is 1. The van der Waals surface area contributed by atoms with Crippen LogP contribution < -0.4 is 5.73 Å². The summed E-state index contributed by atoms with van der Waals surface area (Å²) in [5.74, 6) is 0.314. The zero-order valence-corrected chi connectivity index (χ0v) is 11.2. The van der Waals surface area contributed by atoms with E-state index in [2.05, 4.69) is 11.9 Å². The van der Waals surface area contributed by atoms with Crippen LogP contribution in [-0.2, 0) is 6.42 Å². The minimum absolute atomic E-state index is 0.217. The second kappa shape index (κ2) is 6.07. The Morgan fingerprint density at radius 2 is 2.06 bits per heavy atom. The predicted molar refractivity (Wildman–Crippen MR) is 74.0 cm³/mol. The van der Waals surface area contributed by atoms with Gasteiger partial charge in [-0.1, -0.05) is 6.92 Å². The van der Waals surface area contributed by atoms with Crippen LogP contribution in [0, 0.1) is 11.7 Å². The molecule has 2 aromatic rings. The Bertz CT molecular complexity index is 493. The minimum atomic E-state index is -0.217. The molecule has 0 amide bonds. The first-order valence-corrected chi connectivity index (χ1v) is 6.97. The number of halogens is 1. The maximum Gasteiger partial charge on any atom is 0.123 e. The summed E-state index contributed by atoms with van der Waals surface area (Å²) >= 11 is 1.66. The van der Waals surface area contributed by atoms with E-state index in [0.717, 1.165) is 35.7 Å². The number of nitrogens with two attached hydrogens (primary N) is 1. The van der Waals surface area contributed by atoms with Gasteiger partial charge in [0.25, 0.3) is 0 Å². The smallest absolute Gasteiger partial charge is 0.123 e. The van der Waals surface area contributed by atoms with E-state index in [1.807, 2.05) is 5.38 Å². The normalized spacial score (nSPS) is 12.6. The molecule has 0 saturated heterocycles. The van der Waals surface area contributed by atoms with E-state index in [1.165, 1.54) is 12.1 Å². The molecule has 2 N–H and O–H groups in total. The molecule has 0 spiro atoms. The zero-order chi connectivity index (χ0) is 13.0. The zero-order valence-electron chi connectivity index (χ0n) is 10.4. The van der Waals surface area contributed by atoms with Gasteiger partial charge in [0, 0.05) is 10.9 Å². The largest absolute Gasteiger partial charge is 0.330 e. The van der Waals surface area contributed by atoms with Crippen molar-refractivity contribution in [2.45, 2.75) is 19.8 Å². The lowest BCUT2D eigenvalue weighted by atomic mass is 10.1. The van der Waals surface area contributed by atoms with Crippen LogP contribution in [0.15, 0.2) is 29.6 Å². The van der Waals surface area contributed by atoms with Crippen molar-refractivity contribution in [2.75, 3.05) is 6.54 Å². The lowest BCUT2D eigenvalue weighted by molar-refractivity contribution is 0.544. The predicted octanol–water partition coefficient (Wildman–Crippen LogP) is 3.48. The molecule has 1 heterocycles. The summed E-state index contributed by atoms with van der Waals surface area (Å²) in [6, 6.07) is 6.45. The molecule has 1 aromatic carbocycles. The highest BCUT2D eigenvalue weighted by Gasteiger charge is 2.06. The van der Waals surface area contributed by atoms with Gasteiger partial charge in [-0.2, -0.15) is 0 Å². The quantitative estimate of drug-likeness (QED) is 0.898. The van der Waals surface area contributed by atoms with E-state index in [9.17, 15) is 4.39 Å². The number of hydrogen-bond acceptors (Lipinski definition) is 3. The Hall–Kier alpha value is -1.26. The highest BCUT2D eigenvalue weighted by molar-refractivity contribution is 7.09. The molecule has 18 heavy (non-hydrogen) atoms. The molecule has 0 fully saturated rings. The van der Waals surface area contributed by atoms with Crippen molar-refractivity contribution in [3.63, 3.8) is 0 Å². The van der Waals surface area contributed by atoms with Crippen LogP contribution in [0.1, 0.15) is 18.4 Å². The fourth-order valence-electron chi connectivity index (χ4n) is 1.67. The van der Waals surface area contributed by atoms with Crippen molar-refractivity contribution >= 4 is 11.3 Å². The number of thiazole rings is 1. The Labute approximate surface area is 111 Å². The van der Waals surface area contributed by atoms with E-state index in [1.54, 1.807) is 23.5 Å². The average Bonchev–Trinajstić information content (AvgIpc) is 2.85. The molecule has 0 aliphatic heterocycles. The third-order valence-electron chi connectivity index (χ3n) is 2.95. The summed E-state index contributed by atoms with van der Waals surface area (Å²) in [6.07, 6.45) is 2.02. The molecule has 0 bridgehead atoms. The van der Waals surface area contributed by atoms with E-state index in [-0.39, 0.29) is 5.82 Å². The molecular formula is C14H17FN2S. The lowest BCUT2D eigenvalue weighted by Crippen LogP contribution is -2.11. The van der Waals surface area contributed by atoms with Gasteiger partial charge in [0.05, 0.1) is 10.7 Å². The average molecular weight is 264 g/mol. The molecule has 0 radical (unpaired) electrons. The van der Waals surface area contributed by atoms with Gasteiger partial charge in [0.15, 0.2) is 0 Å². The van der Waals surface area contributed by atoms with Crippen LogP contribution in [0.2, 0.25) is 0 Å². The SMILES string of the molecule is CC(CN)CCc1nc(-c2ccc(F)cc2)cs1. The topological polar surface area (TPSA) is 38.9 Å². The summed E-state index contributed by atoms with van der Waals surface area (Å²) in [5.41, 5.74) is 7.48. The van der Waals surface area contributed by atoms with Crippen LogP contribution in [0.5, 0.6) is 0 Å². The number of benzene rings is 1. The van der Waals surface area contributed by atoms with Gasteiger partial charge in [0.2, 0.25) is 0 Å². The molecule has 0 aliphatic carbocycles. The van der Waals surface area contributed by atoms with Crippen molar-refractivity contribution in [2.24, 2.45) is 11.7 Å². The van der Waals surface area contributed by atoms with Crippen molar-refractivity contribution in [3.05, 3.63) is 40.5 Å². The van der Waals surface area contributed by atoms with Crippen LogP contribution in [0.25, 0.3) is 11.3 Å². The fraction of sp³-hybridized carbons (Fsp3) is 0.357. The summed E-state index contributed by atoms with van der Waals surface area (Å²) in [4.78, 5) is 4.57. The molecule has 1 unspecified atom stereocenters. The van der Waals surface area contributed by atoms with E-state index >= 15 is 0 Å². The van der Waals surface area contributed by atoms with Crippen molar-refractivity contribution in [1.29, 1.82) is 0 Å². The molecule has 1 atom stereocenters. The van der Waals surface area contributed by atoms with Gasteiger partial charge in [-0.05, 0) is 49.6 Å². The third kappa shape index (κ3) is 3.37. The number of nitrogens with zero attached hydrogens (tertiary/aromatic N) is 1. The molecule has 1 aromatic heterocycles. The van der Waals surface area contributed by atoms with Gasteiger partial charge in [-0.3, -0.25) is 0 Å². The molecule has 2 nitrogen and oxygen atoms in total. The highest BCUT2D eigenvalue weighted by atomic mass is 32.1. The van der Waals surface area contributed by atoms with Gasteiger partial charge in [-0.15, -0.1) is 11.3 Å². The van der Waals surface area contributed by atoms with Crippen molar-refractivity contribution in [1.82, 2.24) is 4.98 Å². The highest BCUT2D eigenvalue weighted by Crippen LogP contribution is 2.23. The Kier molecular flexibility index (Phi) is 4.44. The molecule has 0 saturated carbocycles. The lowest BCUT2D eigenvalue weighted by Gasteiger charge is -2.05. The van der Waals surface area contributed by atoms with Crippen LogP contribution in [-0.4, -0.2) is 11.5 Å². The summed E-state index contributed by atoms with van der Waals surface area (Å²) in [7, 11) is 0. The van der Waals surface area contributed by atoms with E-state index < -0.39 is 0 Å². The first-order chi connectivity index (χ1) is 8.69. The Balaban J connectivity index is 2.03. The number of rotatable bonds is 5. The van der Waals surface area contributed by atoms with Crippen LogP contribution >= 0.6 is 11.3 Å². The van der Waals surface area contributed by atoms with Crippen molar-refractivity contribution < 1.29 is 4.39 Å². The summed E-state index contributed by atoms with van der Waals surface area (Å²) in [6.45, 7) is 2.87. The van der Waals surface area contributed by atoms with Crippen LogP contribution in [0.3, 0.4) is 0 Å². The Morgan fingerprint density at radius 1 is 1.33 bits per heavy atom. The van der Waals surface area contributed by atoms with E-state index in [4.69, 9.17) is 5.73 Å². The van der Waals surface area contributed by atoms with Gasteiger partial charge in [0.1, 0.15) is 5.82 Å². The molecular weight excluding hydrogens is 247 g/mol. The minimum Gasteiger partial charge on any atom is -0.330 e. The van der Waals surface area contributed by atoms with Gasteiger partial charge >= 0.3 is 0 Å². The maximum atomic E-state index is 12.8. The first kappa shape index (κ1) is 13.2. The summed E-state index contributed by atoms with van der Waals surface area (Å²) < 4.78 is 12.8. The monoisotopic (exact) mass is 264 g/mol. The maximum absolute atomic E-state index is 12.8. The molecule has 2 rings (SSSR count). The fourth-order valence-corrected chi connectivity index (χ4v) is 2.49. The number of hydrogen-bond donors (Lipinski definition) is 1. The second-order valence-electron chi connectivity index (χ2n) is 4.51. The molecule has 96 valence electrons. The number of aryl methyl sites for hydroxylation is 1. The van der Waals surface area contributed by atoms with Gasteiger partial charge in [-0.25, -0.2) is 9.37 Å². The standard InChI is InChI=1S/C14H17FN2S/c1-10(8-16)2-7-14-17-13(9-18-14)11-3-5-12(15)6-4-11/h3-6,9-10H,2,7-8,16H2,1H3. The second-order valence-corrected chi connectivity index (χ2v) is 5.46. The van der Waals surface area contributed by atoms with Gasteiger partial charge < -0.3 is 5.73 Å². The Morgan fingerprint density at radius 3 is 2.72 bits per heavy atom. The molecule has 4 heteroatoms.